The van der Waals surface area contributed by atoms with Gasteiger partial charge in [-0.1, -0.05) is 54.1 Å². The fourth-order valence-corrected chi connectivity index (χ4v) is 5.70. The van der Waals surface area contributed by atoms with Crippen LogP contribution in [0.25, 0.3) is 28.0 Å². The fourth-order valence-electron chi connectivity index (χ4n) is 5.70. The summed E-state index contributed by atoms with van der Waals surface area (Å²) in [5.41, 5.74) is 11.9. The van der Waals surface area contributed by atoms with Crippen LogP contribution in [-0.2, 0) is 13.0 Å². The molecule has 0 spiro atoms. The molecule has 3 aromatic carbocycles. The van der Waals surface area contributed by atoms with E-state index in [2.05, 4.69) is 83.7 Å². The quantitative estimate of drug-likeness (QED) is 0.268. The van der Waals surface area contributed by atoms with Gasteiger partial charge in [0.1, 0.15) is 17.1 Å². The number of carbonyl (C=O) groups excluding carboxylic acids is 1. The molecule has 0 unspecified atom stereocenters. The largest absolute Gasteiger partial charge is 0.495 e. The standard InChI is InChI=1S/C33H33N3O2/c1-21-12-15-24(16-13-21)30-26-9-7-8-18-35-28(25-17-14-22(2)23(3)19-25)20-36(33(26)35)31(30)32(37)34-27-10-5-6-11-29(27)38-4/h5-6,10-17,19-20H,7-9,18H2,1-4H3,(H,34,37). The molecule has 5 heteroatoms. The highest BCUT2D eigenvalue weighted by Gasteiger charge is 2.30. The number of amides is 1. The number of aromatic nitrogens is 2. The molecule has 192 valence electrons. The van der Waals surface area contributed by atoms with E-state index in [1.807, 2.05) is 24.3 Å². The number of para-hydroxylation sites is 2. The lowest BCUT2D eigenvalue weighted by Crippen LogP contribution is -2.16. The second-order valence-corrected chi connectivity index (χ2v) is 10.3. The second kappa shape index (κ2) is 9.56. The number of benzene rings is 3. The Hall–Kier alpha value is -4.25. The van der Waals surface area contributed by atoms with Gasteiger partial charge >= 0.3 is 0 Å². The van der Waals surface area contributed by atoms with Crippen LogP contribution in [0.4, 0.5) is 5.69 Å². The zero-order valence-corrected chi connectivity index (χ0v) is 22.5. The molecule has 0 atom stereocenters. The first kappa shape index (κ1) is 24.1. The van der Waals surface area contributed by atoms with Gasteiger partial charge in [0.15, 0.2) is 0 Å². The summed E-state index contributed by atoms with van der Waals surface area (Å²) in [6.45, 7) is 7.32. The molecule has 0 aliphatic carbocycles. The van der Waals surface area contributed by atoms with Crippen molar-refractivity contribution in [2.45, 2.75) is 46.6 Å². The van der Waals surface area contributed by atoms with Gasteiger partial charge in [0.25, 0.3) is 5.91 Å². The fraction of sp³-hybridized carbons (Fsp3) is 0.242. The van der Waals surface area contributed by atoms with Crippen molar-refractivity contribution in [3.63, 3.8) is 0 Å². The minimum atomic E-state index is -0.143. The lowest BCUT2D eigenvalue weighted by molar-refractivity contribution is 0.102. The summed E-state index contributed by atoms with van der Waals surface area (Å²) in [6.07, 6.45) is 5.28. The van der Waals surface area contributed by atoms with Crippen LogP contribution in [0.15, 0.2) is 72.9 Å². The number of methoxy groups -OCH3 is 1. The van der Waals surface area contributed by atoms with E-state index in [0.717, 1.165) is 48.3 Å². The highest BCUT2D eigenvalue weighted by molar-refractivity contribution is 6.10. The van der Waals surface area contributed by atoms with E-state index in [4.69, 9.17) is 4.74 Å². The van der Waals surface area contributed by atoms with Crippen molar-refractivity contribution in [3.05, 3.63) is 101 Å². The smallest absolute Gasteiger partial charge is 0.273 e. The first-order chi connectivity index (χ1) is 18.5. The van der Waals surface area contributed by atoms with Gasteiger partial charge < -0.3 is 14.6 Å². The molecule has 1 aliphatic heterocycles. The SMILES string of the molecule is COc1ccccc1NC(=O)c1c(-c2ccc(C)cc2)c2c3n(c(-c4ccc(C)c(C)c4)cn13)CCCC2. The molecule has 3 heterocycles. The number of aryl methyl sites for hydroxylation is 5. The van der Waals surface area contributed by atoms with Crippen LogP contribution in [0.5, 0.6) is 5.75 Å². The third-order valence-corrected chi connectivity index (χ3v) is 7.85. The summed E-state index contributed by atoms with van der Waals surface area (Å²) < 4.78 is 10.1. The van der Waals surface area contributed by atoms with Gasteiger partial charge in [0, 0.05) is 23.9 Å². The normalized spacial score (nSPS) is 12.9. The number of hydrogen-bond donors (Lipinski definition) is 1. The zero-order valence-electron chi connectivity index (χ0n) is 22.5. The van der Waals surface area contributed by atoms with E-state index in [1.165, 1.54) is 27.8 Å². The van der Waals surface area contributed by atoms with Crippen molar-refractivity contribution in [3.8, 4) is 28.1 Å². The van der Waals surface area contributed by atoms with Crippen LogP contribution >= 0.6 is 0 Å². The van der Waals surface area contributed by atoms with Crippen molar-refractivity contribution in [1.82, 2.24) is 8.97 Å². The van der Waals surface area contributed by atoms with Crippen molar-refractivity contribution in [2.75, 3.05) is 12.4 Å². The maximum atomic E-state index is 14.2. The Balaban J connectivity index is 1.61. The zero-order chi connectivity index (χ0) is 26.4. The molecule has 5 nitrogen and oxygen atoms in total. The van der Waals surface area contributed by atoms with E-state index in [-0.39, 0.29) is 5.91 Å². The lowest BCUT2D eigenvalue weighted by Gasteiger charge is -2.12. The van der Waals surface area contributed by atoms with Gasteiger partial charge in [-0.25, -0.2) is 0 Å². The molecule has 6 rings (SSSR count). The summed E-state index contributed by atoms with van der Waals surface area (Å²) in [5.74, 6) is 0.496. The van der Waals surface area contributed by atoms with Crippen molar-refractivity contribution >= 4 is 17.2 Å². The van der Waals surface area contributed by atoms with Crippen molar-refractivity contribution in [2.24, 2.45) is 0 Å². The Kier molecular flexibility index (Phi) is 6.07. The second-order valence-electron chi connectivity index (χ2n) is 10.3. The Morgan fingerprint density at radius 2 is 1.66 bits per heavy atom. The number of nitrogens with zero attached hydrogens (tertiary/aromatic N) is 2. The van der Waals surface area contributed by atoms with Gasteiger partial charge in [0.2, 0.25) is 0 Å². The minimum Gasteiger partial charge on any atom is -0.495 e. The maximum absolute atomic E-state index is 14.2. The molecule has 1 N–H and O–H groups in total. The van der Waals surface area contributed by atoms with E-state index in [1.54, 1.807) is 7.11 Å². The molecule has 38 heavy (non-hydrogen) atoms. The summed E-state index contributed by atoms with van der Waals surface area (Å²) in [6, 6.07) is 22.7. The number of imidazole rings is 1. The van der Waals surface area contributed by atoms with Crippen LogP contribution < -0.4 is 10.1 Å². The molecule has 0 radical (unpaired) electrons. The Morgan fingerprint density at radius 3 is 2.42 bits per heavy atom. The highest BCUT2D eigenvalue weighted by Crippen LogP contribution is 2.40. The molecule has 1 aliphatic rings. The lowest BCUT2D eigenvalue weighted by atomic mass is 9.97. The number of nitrogens with one attached hydrogen (secondary N) is 1. The van der Waals surface area contributed by atoms with E-state index >= 15 is 0 Å². The highest BCUT2D eigenvalue weighted by atomic mass is 16.5. The Labute approximate surface area is 223 Å². The third-order valence-electron chi connectivity index (χ3n) is 7.85. The predicted molar refractivity (Wildman–Crippen MR) is 154 cm³/mol. The van der Waals surface area contributed by atoms with Crippen LogP contribution in [-0.4, -0.2) is 22.0 Å². The van der Waals surface area contributed by atoms with Gasteiger partial charge in [-0.3, -0.25) is 9.20 Å². The maximum Gasteiger partial charge on any atom is 0.273 e. The topological polar surface area (TPSA) is 47.7 Å². The molecule has 0 saturated carbocycles. The number of anilines is 1. The van der Waals surface area contributed by atoms with Crippen LogP contribution in [0.3, 0.4) is 0 Å². The molecule has 0 saturated heterocycles. The summed E-state index contributed by atoms with van der Waals surface area (Å²) in [7, 11) is 1.62. The molecule has 2 aromatic heterocycles. The van der Waals surface area contributed by atoms with E-state index in [0.29, 0.717) is 17.1 Å². The van der Waals surface area contributed by atoms with Crippen LogP contribution in [0.1, 0.15) is 45.6 Å². The molecule has 0 fully saturated rings. The van der Waals surface area contributed by atoms with Crippen LogP contribution in [0, 0.1) is 20.8 Å². The Bertz CT molecular complexity index is 1670. The summed E-state index contributed by atoms with van der Waals surface area (Å²) in [5, 5.41) is 3.16. The summed E-state index contributed by atoms with van der Waals surface area (Å²) in [4.78, 5) is 14.2. The minimum absolute atomic E-state index is 0.143. The molecular weight excluding hydrogens is 470 g/mol. The van der Waals surface area contributed by atoms with Gasteiger partial charge in [-0.2, -0.15) is 0 Å². The van der Waals surface area contributed by atoms with Gasteiger partial charge in [0.05, 0.1) is 18.5 Å². The number of rotatable bonds is 5. The molecular formula is C33H33N3O2. The average molecular weight is 504 g/mol. The molecule has 0 bridgehead atoms. The number of ether oxygens (including phenoxy) is 1. The first-order valence-electron chi connectivity index (χ1n) is 13.3. The number of carbonyl (C=O) groups is 1. The average Bonchev–Trinajstić information content (AvgIpc) is 3.34. The third kappa shape index (κ3) is 3.99. The van der Waals surface area contributed by atoms with E-state index < -0.39 is 0 Å². The Morgan fingerprint density at radius 1 is 0.895 bits per heavy atom. The molecule has 5 aromatic rings. The van der Waals surface area contributed by atoms with E-state index in [9.17, 15) is 4.79 Å². The van der Waals surface area contributed by atoms with Crippen LogP contribution in [0.2, 0.25) is 0 Å². The predicted octanol–water partition coefficient (Wildman–Crippen LogP) is 7.60. The summed E-state index contributed by atoms with van der Waals surface area (Å²) >= 11 is 0. The van der Waals surface area contributed by atoms with Gasteiger partial charge in [-0.15, -0.1) is 0 Å². The number of hydrogen-bond acceptors (Lipinski definition) is 2. The van der Waals surface area contributed by atoms with Crippen molar-refractivity contribution < 1.29 is 9.53 Å². The van der Waals surface area contributed by atoms with Crippen molar-refractivity contribution in [1.29, 1.82) is 0 Å². The molecule has 1 amide bonds. The monoisotopic (exact) mass is 503 g/mol. The van der Waals surface area contributed by atoms with Gasteiger partial charge in [-0.05, 0) is 80.5 Å². The first-order valence-corrected chi connectivity index (χ1v) is 13.3.